The summed E-state index contributed by atoms with van der Waals surface area (Å²) in [6.45, 7) is 7.76. The van der Waals surface area contributed by atoms with Crippen LogP contribution in [0.15, 0.2) is 0 Å². The Morgan fingerprint density at radius 2 is 1.24 bits per heavy atom. The van der Waals surface area contributed by atoms with Gasteiger partial charge in [0.1, 0.15) is 0 Å². The molecule has 0 unspecified atom stereocenters. The number of rotatable bonds is 8. The fourth-order valence-electron chi connectivity index (χ4n) is 1.74. The maximum Gasteiger partial charge on any atom is 0.499 e. The third-order valence-electron chi connectivity index (χ3n) is 2.49. The zero-order chi connectivity index (χ0) is 13.7. The highest BCUT2D eigenvalue weighted by molar-refractivity contribution is 6.82. The molecule has 0 radical (unpaired) electrons. The van der Waals surface area contributed by atoms with E-state index in [9.17, 15) is 4.80 Å². The molecule has 0 bridgehead atoms. The largest absolute Gasteiger partial charge is 0.499 e. The molecular formula is C9H26O5Si3. The maximum absolute atomic E-state index is 9.82. The Kier molecular flexibility index (Phi) is 6.74. The molecule has 8 heteroatoms. The molecule has 0 atom stereocenters. The van der Waals surface area contributed by atoms with Gasteiger partial charge in [-0.15, -0.1) is 0 Å². The monoisotopic (exact) mass is 298 g/mol. The second-order valence-corrected chi connectivity index (χ2v) is 15.9. The first kappa shape index (κ1) is 17.5. The van der Waals surface area contributed by atoms with Crippen LogP contribution in [0, 0.1) is 0 Å². The molecule has 0 aromatic heterocycles. The summed E-state index contributed by atoms with van der Waals surface area (Å²) in [6.07, 6.45) is 0. The van der Waals surface area contributed by atoms with Gasteiger partial charge in [-0.05, 0) is 32.2 Å². The van der Waals surface area contributed by atoms with Crippen LogP contribution in [0.5, 0.6) is 0 Å². The van der Waals surface area contributed by atoms with Crippen LogP contribution in [0.25, 0.3) is 0 Å². The lowest BCUT2D eigenvalue weighted by molar-refractivity contribution is 0.124. The number of hydrogen-bond donors (Lipinski definition) is 1. The van der Waals surface area contributed by atoms with Gasteiger partial charge in [0.2, 0.25) is 0 Å². The van der Waals surface area contributed by atoms with Crippen LogP contribution in [0.3, 0.4) is 0 Å². The minimum Gasteiger partial charge on any atom is -0.436 e. The highest BCUT2D eigenvalue weighted by Crippen LogP contribution is 2.24. The molecule has 0 amide bonds. The van der Waals surface area contributed by atoms with E-state index in [1.165, 1.54) is 0 Å². The minimum atomic E-state index is -2.51. The van der Waals surface area contributed by atoms with Crippen LogP contribution in [-0.4, -0.2) is 51.8 Å². The second-order valence-electron chi connectivity index (χ2n) is 5.10. The van der Waals surface area contributed by atoms with Crippen molar-refractivity contribution in [1.82, 2.24) is 0 Å². The second kappa shape index (κ2) is 6.57. The van der Waals surface area contributed by atoms with Crippen molar-refractivity contribution in [3.05, 3.63) is 0 Å². The molecule has 0 saturated carbocycles. The smallest absolute Gasteiger partial charge is 0.436 e. The molecule has 0 fully saturated rings. The van der Waals surface area contributed by atoms with Crippen molar-refractivity contribution in [2.24, 2.45) is 0 Å². The summed E-state index contributed by atoms with van der Waals surface area (Å²) in [5.41, 5.74) is 0. The van der Waals surface area contributed by atoms with E-state index in [0.29, 0.717) is 0 Å². The van der Waals surface area contributed by atoms with Crippen LogP contribution in [0.1, 0.15) is 0 Å². The molecule has 0 heterocycles. The summed E-state index contributed by atoms with van der Waals surface area (Å²) >= 11 is 0. The molecule has 0 saturated heterocycles. The van der Waals surface area contributed by atoms with E-state index in [0.717, 1.165) is 12.1 Å². The molecule has 0 aliphatic carbocycles. The molecule has 5 nitrogen and oxygen atoms in total. The van der Waals surface area contributed by atoms with Gasteiger partial charge in [0, 0.05) is 27.4 Å². The first-order valence-electron chi connectivity index (χ1n) is 5.68. The summed E-state index contributed by atoms with van der Waals surface area (Å²) in [7, 11) is -2.04. The van der Waals surface area contributed by atoms with Gasteiger partial charge in [0.15, 0.2) is 8.32 Å². The average molecular weight is 299 g/mol. The quantitative estimate of drug-likeness (QED) is 0.692. The lowest BCUT2D eigenvalue weighted by Crippen LogP contribution is -2.48. The normalized spacial score (nSPS) is 14.1. The third-order valence-corrected chi connectivity index (χ3v) is 11.4. The summed E-state index contributed by atoms with van der Waals surface area (Å²) < 4.78 is 22.0. The summed E-state index contributed by atoms with van der Waals surface area (Å²) in [4.78, 5) is 9.82. The van der Waals surface area contributed by atoms with Crippen molar-refractivity contribution in [2.75, 3.05) is 21.3 Å². The van der Waals surface area contributed by atoms with Crippen LogP contribution < -0.4 is 0 Å². The van der Waals surface area contributed by atoms with E-state index in [1.807, 2.05) is 0 Å². The van der Waals surface area contributed by atoms with Gasteiger partial charge in [-0.25, -0.2) is 0 Å². The van der Waals surface area contributed by atoms with Crippen molar-refractivity contribution in [2.45, 2.75) is 38.3 Å². The van der Waals surface area contributed by atoms with Crippen molar-refractivity contribution >= 4 is 25.7 Å². The molecule has 1 N–H and O–H groups in total. The summed E-state index contributed by atoms with van der Waals surface area (Å²) in [5, 5.41) is 0. The molecule has 104 valence electrons. The Bertz CT molecular complexity index is 217. The SMILES string of the molecule is CO[Si](CC[Si](C)(C)O[Si](C)(C)O)(OC)OC. The van der Waals surface area contributed by atoms with Gasteiger partial charge in [0.25, 0.3) is 0 Å². The Morgan fingerprint density at radius 1 is 0.824 bits per heavy atom. The average Bonchev–Trinajstić information content (AvgIpc) is 2.17. The molecule has 0 spiro atoms. The van der Waals surface area contributed by atoms with Gasteiger partial charge in [-0.3, -0.25) is 0 Å². The van der Waals surface area contributed by atoms with E-state index in [1.54, 1.807) is 34.4 Å². The topological polar surface area (TPSA) is 57.2 Å². The zero-order valence-corrected chi connectivity index (χ0v) is 15.0. The molecule has 0 aliphatic heterocycles. The first-order valence-corrected chi connectivity index (χ1v) is 13.6. The highest BCUT2D eigenvalue weighted by atomic mass is 28.4. The molecular weight excluding hydrogens is 272 g/mol. The molecule has 0 aliphatic rings. The highest BCUT2D eigenvalue weighted by Gasteiger charge is 2.41. The zero-order valence-electron chi connectivity index (χ0n) is 12.0. The minimum absolute atomic E-state index is 0.722. The first-order chi connectivity index (χ1) is 7.60. The van der Waals surface area contributed by atoms with Gasteiger partial charge in [-0.1, -0.05) is 0 Å². The molecule has 0 rings (SSSR count). The predicted octanol–water partition coefficient (Wildman–Crippen LogP) is 1.78. The van der Waals surface area contributed by atoms with Crippen LogP contribution in [-0.2, 0) is 17.4 Å². The Morgan fingerprint density at radius 3 is 1.53 bits per heavy atom. The number of hydrogen-bond acceptors (Lipinski definition) is 5. The van der Waals surface area contributed by atoms with Crippen LogP contribution in [0.4, 0.5) is 0 Å². The van der Waals surface area contributed by atoms with Gasteiger partial charge in [0.05, 0.1) is 0 Å². The molecule has 0 aromatic rings. The predicted molar refractivity (Wildman–Crippen MR) is 74.7 cm³/mol. The van der Waals surface area contributed by atoms with Crippen molar-refractivity contribution in [1.29, 1.82) is 0 Å². The Labute approximate surface area is 108 Å². The van der Waals surface area contributed by atoms with E-state index in [-0.39, 0.29) is 0 Å². The maximum atomic E-state index is 9.82. The summed E-state index contributed by atoms with van der Waals surface area (Å²) in [5.74, 6) is 0. The van der Waals surface area contributed by atoms with Crippen molar-refractivity contribution in [3.8, 4) is 0 Å². The van der Waals surface area contributed by atoms with Gasteiger partial charge in [-0.2, -0.15) is 0 Å². The summed E-state index contributed by atoms with van der Waals surface area (Å²) in [6, 6.07) is 1.58. The van der Waals surface area contributed by atoms with E-state index in [4.69, 9.17) is 17.4 Å². The van der Waals surface area contributed by atoms with E-state index >= 15 is 0 Å². The van der Waals surface area contributed by atoms with Crippen LogP contribution >= 0.6 is 0 Å². The van der Waals surface area contributed by atoms with Crippen molar-refractivity contribution in [3.63, 3.8) is 0 Å². The molecule has 17 heavy (non-hydrogen) atoms. The fourth-order valence-corrected chi connectivity index (χ4v) is 12.3. The lowest BCUT2D eigenvalue weighted by Gasteiger charge is -2.32. The molecule has 0 aromatic carbocycles. The Balaban J connectivity index is 4.43. The van der Waals surface area contributed by atoms with Gasteiger partial charge < -0.3 is 22.2 Å². The van der Waals surface area contributed by atoms with E-state index < -0.39 is 25.7 Å². The van der Waals surface area contributed by atoms with Crippen LogP contribution in [0.2, 0.25) is 38.3 Å². The standard InChI is InChI=1S/C9H26O5Si3/c1-11-17(12-2,13-3)9-8-15(4,5)14-16(6,7)10/h10H,8-9H2,1-7H3. The Hall–Kier alpha value is 0.451. The fraction of sp³-hybridized carbons (Fsp3) is 1.00. The lowest BCUT2D eigenvalue weighted by atomic mass is 10.9. The van der Waals surface area contributed by atoms with Crippen molar-refractivity contribution < 1.29 is 22.2 Å². The van der Waals surface area contributed by atoms with Gasteiger partial charge >= 0.3 is 17.4 Å². The third kappa shape index (κ3) is 6.82. The van der Waals surface area contributed by atoms with E-state index in [2.05, 4.69) is 13.1 Å².